The summed E-state index contributed by atoms with van der Waals surface area (Å²) in [4.78, 5) is 11.8. The van der Waals surface area contributed by atoms with Gasteiger partial charge in [-0.1, -0.05) is 32.6 Å². The van der Waals surface area contributed by atoms with Crippen LogP contribution in [0.2, 0.25) is 19.6 Å². The van der Waals surface area contributed by atoms with Gasteiger partial charge in [-0.3, -0.25) is 0 Å². The fourth-order valence-electron chi connectivity index (χ4n) is 1.71. The lowest BCUT2D eigenvalue weighted by Gasteiger charge is -2.25. The van der Waals surface area contributed by atoms with Crippen LogP contribution in [0.3, 0.4) is 0 Å². The van der Waals surface area contributed by atoms with Crippen molar-refractivity contribution in [3.05, 3.63) is 11.8 Å². The smallest absolute Gasteiger partial charge is 0.329 e. The molecule has 0 bridgehead atoms. The number of esters is 1. The zero-order valence-corrected chi connectivity index (χ0v) is 11.1. The second kappa shape index (κ2) is 4.97. The van der Waals surface area contributed by atoms with Crippen molar-refractivity contribution in [3.63, 3.8) is 0 Å². The highest BCUT2D eigenvalue weighted by Gasteiger charge is 2.27. The highest BCUT2D eigenvalue weighted by molar-refractivity contribution is 6.86. The van der Waals surface area contributed by atoms with Crippen LogP contribution in [0.1, 0.15) is 32.1 Å². The van der Waals surface area contributed by atoms with Crippen molar-refractivity contribution in [2.75, 3.05) is 0 Å². The van der Waals surface area contributed by atoms with Crippen molar-refractivity contribution in [1.82, 2.24) is 0 Å². The Balaban J connectivity index is 2.44. The van der Waals surface area contributed by atoms with Crippen molar-refractivity contribution < 1.29 is 9.53 Å². The lowest BCUT2D eigenvalue weighted by Crippen LogP contribution is -2.32. The average molecular weight is 226 g/mol. The molecule has 2 nitrogen and oxygen atoms in total. The Kier molecular flexibility index (Phi) is 4.14. The van der Waals surface area contributed by atoms with E-state index in [-0.39, 0.29) is 12.1 Å². The third kappa shape index (κ3) is 3.82. The molecule has 0 spiro atoms. The van der Waals surface area contributed by atoms with Crippen LogP contribution < -0.4 is 0 Å². The molecule has 0 aliphatic heterocycles. The summed E-state index contributed by atoms with van der Waals surface area (Å²) >= 11 is 0. The molecule has 0 N–H and O–H groups in total. The summed E-state index contributed by atoms with van der Waals surface area (Å²) in [5, 5.41) is 0.716. The molecule has 1 saturated carbocycles. The second-order valence-electron chi connectivity index (χ2n) is 5.39. The van der Waals surface area contributed by atoms with Crippen LogP contribution in [0.5, 0.6) is 0 Å². The maximum Gasteiger partial charge on any atom is 0.329 e. The van der Waals surface area contributed by atoms with Crippen molar-refractivity contribution >= 4 is 14.0 Å². The summed E-state index contributed by atoms with van der Waals surface area (Å²) in [6.07, 6.45) is 5.88. The van der Waals surface area contributed by atoms with Gasteiger partial charge in [-0.15, -0.1) is 0 Å². The average Bonchev–Trinajstić information content (AvgIpc) is 2.16. The van der Waals surface area contributed by atoms with Crippen molar-refractivity contribution in [3.8, 4) is 0 Å². The lowest BCUT2D eigenvalue weighted by molar-refractivity contribution is -0.144. The van der Waals surface area contributed by atoms with Gasteiger partial charge in [0, 0.05) is 5.20 Å². The first-order valence-corrected chi connectivity index (χ1v) is 9.31. The maximum atomic E-state index is 11.8. The number of carbonyl (C=O) groups excluding carboxylic acids is 1. The van der Waals surface area contributed by atoms with Gasteiger partial charge in [-0.2, -0.15) is 0 Å². The zero-order valence-electron chi connectivity index (χ0n) is 10.1. The molecule has 0 aromatic rings. The Morgan fingerprint density at radius 2 is 1.73 bits per heavy atom. The summed E-state index contributed by atoms with van der Waals surface area (Å²) in [6, 6.07) is 0. The van der Waals surface area contributed by atoms with E-state index in [1.807, 2.05) is 0 Å². The van der Waals surface area contributed by atoms with Gasteiger partial charge in [0.05, 0.1) is 8.07 Å². The molecule has 0 amide bonds. The molecule has 86 valence electrons. The van der Waals surface area contributed by atoms with Crippen molar-refractivity contribution in [2.24, 2.45) is 0 Å². The van der Waals surface area contributed by atoms with Gasteiger partial charge in [-0.05, 0) is 25.7 Å². The Morgan fingerprint density at radius 3 is 2.20 bits per heavy atom. The lowest BCUT2D eigenvalue weighted by atomic mass is 9.98. The van der Waals surface area contributed by atoms with E-state index in [4.69, 9.17) is 4.74 Å². The molecule has 3 heteroatoms. The molecule has 1 aliphatic rings. The maximum absolute atomic E-state index is 11.8. The number of rotatable bonds is 3. The SMILES string of the molecule is C=C(C(=O)OC1CCCCC1)[Si](C)(C)C. The molecule has 0 saturated heterocycles. The van der Waals surface area contributed by atoms with E-state index in [2.05, 4.69) is 26.2 Å². The molecule has 0 heterocycles. The minimum atomic E-state index is -1.58. The first kappa shape index (κ1) is 12.5. The molecule has 0 radical (unpaired) electrons. The number of carbonyl (C=O) groups is 1. The van der Waals surface area contributed by atoms with Crippen LogP contribution in [-0.2, 0) is 9.53 Å². The van der Waals surface area contributed by atoms with Gasteiger partial charge in [0.15, 0.2) is 0 Å². The number of hydrogen-bond acceptors (Lipinski definition) is 2. The molecule has 1 fully saturated rings. The summed E-state index contributed by atoms with van der Waals surface area (Å²) in [7, 11) is -1.58. The quantitative estimate of drug-likeness (QED) is 0.419. The number of hydrogen-bond donors (Lipinski definition) is 0. The first-order chi connectivity index (χ1) is 6.91. The van der Waals surface area contributed by atoms with Crippen LogP contribution in [-0.4, -0.2) is 20.1 Å². The van der Waals surface area contributed by atoms with Crippen molar-refractivity contribution in [2.45, 2.75) is 57.8 Å². The predicted molar refractivity (Wildman–Crippen MR) is 65.5 cm³/mol. The normalized spacial score (nSPS) is 18.6. The van der Waals surface area contributed by atoms with E-state index in [1.54, 1.807) is 0 Å². The second-order valence-corrected chi connectivity index (χ2v) is 10.5. The van der Waals surface area contributed by atoms with Crippen LogP contribution >= 0.6 is 0 Å². The monoisotopic (exact) mass is 226 g/mol. The molecule has 0 aromatic heterocycles. The number of ether oxygens (including phenoxy) is 1. The highest BCUT2D eigenvalue weighted by atomic mass is 28.3. The van der Waals surface area contributed by atoms with Crippen LogP contribution in [0, 0.1) is 0 Å². The van der Waals surface area contributed by atoms with Gasteiger partial charge in [-0.25, -0.2) is 4.79 Å². The van der Waals surface area contributed by atoms with E-state index in [9.17, 15) is 4.79 Å². The first-order valence-electron chi connectivity index (χ1n) is 5.81. The Morgan fingerprint density at radius 1 is 1.20 bits per heavy atom. The minimum absolute atomic E-state index is 0.152. The minimum Gasteiger partial charge on any atom is -0.459 e. The zero-order chi connectivity index (χ0) is 11.5. The Bertz CT molecular complexity index is 247. The van der Waals surface area contributed by atoms with E-state index in [1.165, 1.54) is 19.3 Å². The van der Waals surface area contributed by atoms with Gasteiger partial charge in [0.25, 0.3) is 0 Å². The van der Waals surface area contributed by atoms with E-state index in [0.717, 1.165) is 12.8 Å². The highest BCUT2D eigenvalue weighted by Crippen LogP contribution is 2.22. The Labute approximate surface area is 93.7 Å². The fraction of sp³-hybridized carbons (Fsp3) is 0.750. The predicted octanol–water partition coefficient (Wildman–Crippen LogP) is 3.30. The summed E-state index contributed by atoms with van der Waals surface area (Å²) in [6.45, 7) is 10.2. The van der Waals surface area contributed by atoms with Gasteiger partial charge in [0.1, 0.15) is 6.10 Å². The molecule has 0 unspecified atom stereocenters. The van der Waals surface area contributed by atoms with Crippen molar-refractivity contribution in [1.29, 1.82) is 0 Å². The molecule has 15 heavy (non-hydrogen) atoms. The van der Waals surface area contributed by atoms with Gasteiger partial charge in [0.2, 0.25) is 0 Å². The standard InChI is InChI=1S/C12H22O2Si/c1-10(15(2,3)4)12(13)14-11-8-6-5-7-9-11/h11H,1,5-9H2,2-4H3. The summed E-state index contributed by atoms with van der Waals surface area (Å²) in [5.74, 6) is -0.152. The molecule has 0 aromatic carbocycles. The van der Waals surface area contributed by atoms with Crippen LogP contribution in [0.25, 0.3) is 0 Å². The van der Waals surface area contributed by atoms with E-state index < -0.39 is 8.07 Å². The molecule has 0 atom stereocenters. The van der Waals surface area contributed by atoms with E-state index in [0.29, 0.717) is 5.20 Å². The molecular weight excluding hydrogens is 204 g/mol. The van der Waals surface area contributed by atoms with E-state index >= 15 is 0 Å². The molecule has 1 rings (SSSR count). The molecule has 1 aliphatic carbocycles. The van der Waals surface area contributed by atoms with Gasteiger partial charge < -0.3 is 4.74 Å². The third-order valence-electron chi connectivity index (χ3n) is 2.98. The van der Waals surface area contributed by atoms with Crippen LogP contribution in [0.15, 0.2) is 11.8 Å². The molecular formula is C12H22O2Si. The largest absolute Gasteiger partial charge is 0.459 e. The Hall–Kier alpha value is -0.573. The summed E-state index contributed by atoms with van der Waals surface area (Å²) < 4.78 is 5.48. The van der Waals surface area contributed by atoms with Gasteiger partial charge >= 0.3 is 5.97 Å². The summed E-state index contributed by atoms with van der Waals surface area (Å²) in [5.41, 5.74) is 0. The fourth-order valence-corrected chi connectivity index (χ4v) is 2.38. The third-order valence-corrected chi connectivity index (χ3v) is 4.99. The van der Waals surface area contributed by atoms with Crippen LogP contribution in [0.4, 0.5) is 0 Å². The topological polar surface area (TPSA) is 26.3 Å².